The molecule has 1 saturated heterocycles. The number of hydrogen-bond acceptors (Lipinski definition) is 3. The molecule has 1 aromatic heterocycles. The predicted molar refractivity (Wildman–Crippen MR) is 95.7 cm³/mol. The molecule has 1 aromatic carbocycles. The Balaban J connectivity index is 1.90. The largest absolute Gasteiger partial charge is 0.337 e. The minimum Gasteiger partial charge on any atom is -0.337 e. The highest BCUT2D eigenvalue weighted by atomic mass is 32.1. The van der Waals surface area contributed by atoms with Gasteiger partial charge in [-0.15, -0.1) is 11.3 Å². The zero-order valence-electron chi connectivity index (χ0n) is 14.8. The molecule has 0 spiro atoms. The number of hydrogen-bond donors (Lipinski definition) is 0. The molecule has 0 atom stereocenters. The number of thiazole rings is 1. The van der Waals surface area contributed by atoms with E-state index < -0.39 is 5.41 Å². The number of halogens is 1. The summed E-state index contributed by atoms with van der Waals surface area (Å²) < 4.78 is 13.3. The van der Waals surface area contributed by atoms with Crippen molar-refractivity contribution in [2.45, 2.75) is 52.0 Å². The van der Waals surface area contributed by atoms with Crippen LogP contribution in [0.3, 0.4) is 0 Å². The quantitative estimate of drug-likeness (QED) is 0.817. The number of amides is 1. The fourth-order valence-corrected chi connectivity index (χ4v) is 4.12. The van der Waals surface area contributed by atoms with E-state index in [-0.39, 0.29) is 17.3 Å². The van der Waals surface area contributed by atoms with Crippen LogP contribution in [0.25, 0.3) is 10.6 Å². The van der Waals surface area contributed by atoms with Gasteiger partial charge in [-0.1, -0.05) is 0 Å². The molecule has 2 aromatic rings. The molecular weight excluding hydrogens is 323 g/mol. The van der Waals surface area contributed by atoms with Crippen molar-refractivity contribution < 1.29 is 9.18 Å². The van der Waals surface area contributed by atoms with Gasteiger partial charge in [-0.25, -0.2) is 9.37 Å². The van der Waals surface area contributed by atoms with E-state index in [9.17, 15) is 9.18 Å². The second-order valence-corrected chi connectivity index (χ2v) is 8.50. The SMILES string of the molecule is Cc1cc(F)ccc1-c1nc(C(C)(C)C(=O)N2CCC2(C)C)cs1. The molecule has 5 heteroatoms. The van der Waals surface area contributed by atoms with E-state index in [4.69, 9.17) is 4.98 Å². The van der Waals surface area contributed by atoms with Crippen LogP contribution in [0.4, 0.5) is 4.39 Å². The Morgan fingerprint density at radius 3 is 2.62 bits per heavy atom. The zero-order chi connectivity index (χ0) is 17.7. The third kappa shape index (κ3) is 2.75. The van der Waals surface area contributed by atoms with Gasteiger partial charge in [0.05, 0.1) is 11.1 Å². The van der Waals surface area contributed by atoms with E-state index in [1.807, 2.05) is 31.1 Å². The highest BCUT2D eigenvalue weighted by Crippen LogP contribution is 2.37. The van der Waals surface area contributed by atoms with Crippen molar-refractivity contribution in [1.82, 2.24) is 9.88 Å². The van der Waals surface area contributed by atoms with Gasteiger partial charge < -0.3 is 4.90 Å². The second kappa shape index (κ2) is 5.66. The van der Waals surface area contributed by atoms with E-state index in [1.54, 1.807) is 6.07 Å². The number of carbonyl (C=O) groups excluding carboxylic acids is 1. The summed E-state index contributed by atoms with van der Waals surface area (Å²) in [7, 11) is 0. The van der Waals surface area contributed by atoms with Gasteiger partial charge in [0.15, 0.2) is 0 Å². The van der Waals surface area contributed by atoms with Crippen molar-refractivity contribution in [3.05, 3.63) is 40.7 Å². The van der Waals surface area contributed by atoms with Crippen LogP contribution in [-0.2, 0) is 10.2 Å². The third-order valence-electron chi connectivity index (χ3n) is 5.02. The van der Waals surface area contributed by atoms with Gasteiger partial charge in [-0.3, -0.25) is 4.79 Å². The Bertz CT molecular complexity index is 794. The van der Waals surface area contributed by atoms with Crippen molar-refractivity contribution in [3.8, 4) is 10.6 Å². The first-order valence-electron chi connectivity index (χ1n) is 8.17. The molecule has 0 N–H and O–H groups in total. The molecule has 3 nitrogen and oxygen atoms in total. The normalized spacial score (nSPS) is 16.8. The van der Waals surface area contributed by atoms with Gasteiger partial charge in [0.2, 0.25) is 5.91 Å². The fraction of sp³-hybridized carbons (Fsp3) is 0.474. The van der Waals surface area contributed by atoms with Crippen LogP contribution in [0, 0.1) is 12.7 Å². The summed E-state index contributed by atoms with van der Waals surface area (Å²) in [5.41, 5.74) is 1.81. The standard InChI is InChI=1S/C19H23FN2OS/c1-12-10-13(20)6-7-14(12)16-21-15(11-24-16)19(4,5)17(23)22-9-8-18(22,2)3/h6-7,10-11H,8-9H2,1-5H3. The summed E-state index contributed by atoms with van der Waals surface area (Å²) in [5.74, 6) is -0.130. The van der Waals surface area contributed by atoms with Crippen LogP contribution in [0.1, 0.15) is 45.4 Å². The Hall–Kier alpha value is -1.75. The number of rotatable bonds is 3. The minimum atomic E-state index is -0.666. The molecule has 1 amide bonds. The third-order valence-corrected chi connectivity index (χ3v) is 5.90. The van der Waals surface area contributed by atoms with E-state index in [0.29, 0.717) is 0 Å². The number of benzene rings is 1. The second-order valence-electron chi connectivity index (χ2n) is 7.64. The van der Waals surface area contributed by atoms with Crippen LogP contribution in [-0.4, -0.2) is 27.9 Å². The molecule has 0 aliphatic carbocycles. The fourth-order valence-electron chi connectivity index (χ4n) is 3.05. The Labute approximate surface area is 146 Å². The number of aromatic nitrogens is 1. The Morgan fingerprint density at radius 1 is 1.38 bits per heavy atom. The maximum Gasteiger partial charge on any atom is 0.234 e. The van der Waals surface area contributed by atoms with E-state index >= 15 is 0 Å². The van der Waals surface area contributed by atoms with Crippen molar-refractivity contribution in [2.75, 3.05) is 6.54 Å². The summed E-state index contributed by atoms with van der Waals surface area (Å²) >= 11 is 1.50. The summed E-state index contributed by atoms with van der Waals surface area (Å²) in [6.45, 7) is 10.7. The molecule has 128 valence electrons. The topological polar surface area (TPSA) is 33.2 Å². The number of nitrogens with zero attached hydrogens (tertiary/aromatic N) is 2. The smallest absolute Gasteiger partial charge is 0.234 e. The highest BCUT2D eigenvalue weighted by molar-refractivity contribution is 7.13. The molecule has 0 unspecified atom stereocenters. The molecule has 1 aliphatic rings. The van der Waals surface area contributed by atoms with Crippen LogP contribution in [0.5, 0.6) is 0 Å². The molecule has 24 heavy (non-hydrogen) atoms. The van der Waals surface area contributed by atoms with Crippen molar-refractivity contribution >= 4 is 17.2 Å². The molecule has 0 radical (unpaired) electrons. The molecule has 0 bridgehead atoms. The average Bonchev–Trinajstić information content (AvgIpc) is 2.96. The van der Waals surface area contributed by atoms with E-state index in [0.717, 1.165) is 34.8 Å². The van der Waals surface area contributed by atoms with Gasteiger partial charge in [-0.05, 0) is 64.8 Å². The van der Waals surface area contributed by atoms with Gasteiger partial charge in [0.25, 0.3) is 0 Å². The lowest BCUT2D eigenvalue weighted by molar-refractivity contribution is -0.150. The summed E-state index contributed by atoms with van der Waals surface area (Å²) in [4.78, 5) is 19.6. The first-order chi connectivity index (χ1) is 11.1. The monoisotopic (exact) mass is 346 g/mol. The van der Waals surface area contributed by atoms with Crippen LogP contribution >= 0.6 is 11.3 Å². The van der Waals surface area contributed by atoms with Gasteiger partial charge in [0.1, 0.15) is 10.8 Å². The predicted octanol–water partition coefficient (Wildman–Crippen LogP) is 4.55. The minimum absolute atomic E-state index is 0.0687. The maximum atomic E-state index is 13.3. The van der Waals surface area contributed by atoms with Crippen molar-refractivity contribution in [1.29, 1.82) is 0 Å². The molecule has 2 heterocycles. The Morgan fingerprint density at radius 2 is 2.08 bits per heavy atom. The maximum absolute atomic E-state index is 13.3. The lowest BCUT2D eigenvalue weighted by Gasteiger charge is -2.51. The molecule has 3 rings (SSSR count). The first-order valence-corrected chi connectivity index (χ1v) is 9.05. The Kier molecular flexibility index (Phi) is 4.03. The van der Waals surface area contributed by atoms with Gasteiger partial charge >= 0.3 is 0 Å². The number of aryl methyl sites for hydroxylation is 1. The lowest BCUT2D eigenvalue weighted by Crippen LogP contribution is -2.62. The lowest BCUT2D eigenvalue weighted by atomic mass is 9.81. The van der Waals surface area contributed by atoms with Crippen LogP contribution < -0.4 is 0 Å². The summed E-state index contributed by atoms with van der Waals surface area (Å²) in [5, 5.41) is 2.77. The molecule has 1 aliphatic heterocycles. The zero-order valence-corrected chi connectivity index (χ0v) is 15.6. The van der Waals surface area contributed by atoms with Gasteiger partial charge in [0, 0.05) is 23.0 Å². The molecule has 0 saturated carbocycles. The van der Waals surface area contributed by atoms with E-state index in [2.05, 4.69) is 13.8 Å². The first kappa shape index (κ1) is 17.1. The highest BCUT2D eigenvalue weighted by Gasteiger charge is 2.46. The number of likely N-dealkylation sites (tertiary alicyclic amines) is 1. The van der Waals surface area contributed by atoms with Crippen molar-refractivity contribution in [3.63, 3.8) is 0 Å². The van der Waals surface area contributed by atoms with Gasteiger partial charge in [-0.2, -0.15) is 0 Å². The summed E-state index contributed by atoms with van der Waals surface area (Å²) in [6.07, 6.45) is 1.03. The van der Waals surface area contributed by atoms with Crippen LogP contribution in [0.15, 0.2) is 23.6 Å². The molecule has 1 fully saturated rings. The van der Waals surface area contributed by atoms with E-state index in [1.165, 1.54) is 23.5 Å². The van der Waals surface area contributed by atoms with Crippen LogP contribution in [0.2, 0.25) is 0 Å². The number of carbonyl (C=O) groups is 1. The summed E-state index contributed by atoms with van der Waals surface area (Å²) in [6, 6.07) is 4.71. The van der Waals surface area contributed by atoms with Crippen molar-refractivity contribution in [2.24, 2.45) is 0 Å². The average molecular weight is 346 g/mol. The molecular formula is C19H23FN2OS.